The lowest BCUT2D eigenvalue weighted by molar-refractivity contribution is -0.121. The van der Waals surface area contributed by atoms with Crippen LogP contribution in [0.2, 0.25) is 0 Å². The summed E-state index contributed by atoms with van der Waals surface area (Å²) in [7, 11) is 1.49. The number of nitrogens with one attached hydrogen (secondary N) is 2. The molecule has 0 atom stereocenters. The van der Waals surface area contributed by atoms with Gasteiger partial charge in [-0.05, 0) is 43.0 Å². The van der Waals surface area contributed by atoms with Crippen LogP contribution in [0.25, 0.3) is 11.4 Å². The second kappa shape index (κ2) is 12.3. The minimum atomic E-state index is -0.390. The summed E-state index contributed by atoms with van der Waals surface area (Å²) in [5.41, 5.74) is 0.825. The molecule has 0 unspecified atom stereocenters. The van der Waals surface area contributed by atoms with Gasteiger partial charge >= 0.3 is 0 Å². The number of carbonyl (C=O) groups excluding carboxylic acids is 1. The summed E-state index contributed by atoms with van der Waals surface area (Å²) in [6.07, 6.45) is 6.46. The van der Waals surface area contributed by atoms with E-state index in [1.165, 1.54) is 32.4 Å². The summed E-state index contributed by atoms with van der Waals surface area (Å²) in [6.45, 7) is 0.740. The Labute approximate surface area is 209 Å². The molecule has 1 aromatic heterocycles. The summed E-state index contributed by atoms with van der Waals surface area (Å²) in [5, 5.41) is 11.2. The number of hydrogen-bond acceptors (Lipinski definition) is 6. The molecule has 0 radical (unpaired) electrons. The fourth-order valence-corrected chi connectivity index (χ4v) is 4.33. The number of aromatic amines is 1. The molecule has 0 saturated heterocycles. The predicted molar refractivity (Wildman–Crippen MR) is 133 cm³/mol. The van der Waals surface area contributed by atoms with Gasteiger partial charge in [0.05, 0.1) is 7.11 Å². The Bertz CT molecular complexity index is 1240. The first-order valence-corrected chi connectivity index (χ1v) is 12.3. The molecule has 1 aliphatic rings. The van der Waals surface area contributed by atoms with Gasteiger partial charge in [0.15, 0.2) is 17.3 Å². The van der Waals surface area contributed by atoms with Crippen LogP contribution in [0.3, 0.4) is 0 Å². The fourth-order valence-electron chi connectivity index (χ4n) is 4.33. The summed E-state index contributed by atoms with van der Waals surface area (Å²) in [4.78, 5) is 27.5. The molecule has 0 spiro atoms. The number of rotatable bonds is 10. The molecule has 1 amide bonds. The average Bonchev–Trinajstić information content (AvgIpc) is 2.91. The van der Waals surface area contributed by atoms with Gasteiger partial charge in [-0.3, -0.25) is 9.59 Å². The molecule has 4 rings (SSSR count). The quantitative estimate of drug-likeness (QED) is 0.438. The van der Waals surface area contributed by atoms with Crippen LogP contribution in [0.1, 0.15) is 49.8 Å². The van der Waals surface area contributed by atoms with Gasteiger partial charge in [-0.15, -0.1) is 10.2 Å². The molecule has 190 valence electrons. The molecule has 0 aliphatic heterocycles. The van der Waals surface area contributed by atoms with Crippen LogP contribution < -0.4 is 20.3 Å². The number of aryl methyl sites for hydroxylation is 1. The van der Waals surface area contributed by atoms with E-state index in [-0.39, 0.29) is 48.3 Å². The molecule has 9 heteroatoms. The van der Waals surface area contributed by atoms with Crippen LogP contribution in [-0.2, 0) is 17.8 Å². The normalized spacial score (nSPS) is 13.8. The highest BCUT2D eigenvalue weighted by atomic mass is 19.1. The Kier molecular flexibility index (Phi) is 8.65. The zero-order chi connectivity index (χ0) is 25.3. The first kappa shape index (κ1) is 25.3. The van der Waals surface area contributed by atoms with Crippen molar-refractivity contribution in [3.05, 3.63) is 69.9 Å². The Morgan fingerprint density at radius 3 is 2.67 bits per heavy atom. The lowest BCUT2D eigenvalue weighted by atomic mass is 9.89. The van der Waals surface area contributed by atoms with E-state index in [9.17, 15) is 14.0 Å². The van der Waals surface area contributed by atoms with Gasteiger partial charge < -0.3 is 19.8 Å². The Morgan fingerprint density at radius 2 is 1.92 bits per heavy atom. The number of halogens is 1. The molecule has 1 saturated carbocycles. The summed E-state index contributed by atoms with van der Waals surface area (Å²) < 4.78 is 25.0. The van der Waals surface area contributed by atoms with Gasteiger partial charge in [-0.2, -0.15) is 0 Å². The second-order valence-corrected chi connectivity index (χ2v) is 9.00. The Balaban J connectivity index is 1.35. The van der Waals surface area contributed by atoms with Crippen LogP contribution >= 0.6 is 0 Å². The summed E-state index contributed by atoms with van der Waals surface area (Å²) in [6, 6.07) is 11.4. The topological polar surface area (TPSA) is 106 Å². The third kappa shape index (κ3) is 6.68. The number of methoxy groups -OCH3 is 1. The van der Waals surface area contributed by atoms with E-state index in [1.54, 1.807) is 36.4 Å². The number of benzene rings is 2. The first-order valence-electron chi connectivity index (χ1n) is 12.3. The van der Waals surface area contributed by atoms with E-state index in [1.807, 2.05) is 0 Å². The number of nitrogens with zero attached hydrogens (tertiary/aromatic N) is 2. The summed E-state index contributed by atoms with van der Waals surface area (Å²) in [5.74, 6) is 1.23. The van der Waals surface area contributed by atoms with Gasteiger partial charge in [0.2, 0.25) is 5.91 Å². The third-order valence-electron chi connectivity index (χ3n) is 6.44. The van der Waals surface area contributed by atoms with E-state index < -0.39 is 0 Å². The minimum Gasteiger partial charge on any atom is -0.493 e. The maximum atomic E-state index is 13.9. The van der Waals surface area contributed by atoms with Gasteiger partial charge in [0.25, 0.3) is 5.56 Å². The number of amides is 1. The first-order chi connectivity index (χ1) is 17.5. The van der Waals surface area contributed by atoms with Crippen LogP contribution in [0.15, 0.2) is 47.3 Å². The lowest BCUT2D eigenvalue weighted by Crippen LogP contribution is -2.31. The minimum absolute atomic E-state index is 0.0436. The number of H-pyrrole nitrogens is 1. The van der Waals surface area contributed by atoms with E-state index in [0.29, 0.717) is 35.1 Å². The Morgan fingerprint density at radius 1 is 1.11 bits per heavy atom. The number of ether oxygens (including phenoxy) is 2. The molecule has 8 nitrogen and oxygen atoms in total. The van der Waals surface area contributed by atoms with Crippen molar-refractivity contribution < 1.29 is 18.7 Å². The van der Waals surface area contributed by atoms with Crippen LogP contribution in [0, 0.1) is 11.7 Å². The monoisotopic (exact) mass is 494 g/mol. The molecule has 2 aromatic carbocycles. The number of aromatic nitrogens is 3. The number of carbonyl (C=O) groups is 1. The smallest absolute Gasteiger partial charge is 0.273 e. The van der Waals surface area contributed by atoms with Gasteiger partial charge in [-0.25, -0.2) is 4.39 Å². The summed E-state index contributed by atoms with van der Waals surface area (Å²) >= 11 is 0. The largest absolute Gasteiger partial charge is 0.493 e. The highest BCUT2D eigenvalue weighted by Gasteiger charge is 2.16. The zero-order valence-electron chi connectivity index (χ0n) is 20.4. The standard InChI is InChI=1S/C27H31FN4O4/c1-35-24-15-19(11-13-23(24)36-17-20-9-5-6-10-21(20)28)26-30-27(34)22(31-32-26)12-14-25(33)29-16-18-7-3-2-4-8-18/h5-6,9-11,13,15,18H,2-4,7-8,12,14,16-17H2,1H3,(H,29,33)(H,30,32,34). The molecule has 2 N–H and O–H groups in total. The second-order valence-electron chi connectivity index (χ2n) is 9.00. The van der Waals surface area contributed by atoms with E-state index >= 15 is 0 Å². The Hall–Kier alpha value is -3.75. The van der Waals surface area contributed by atoms with Gasteiger partial charge in [0.1, 0.15) is 18.1 Å². The molecule has 1 heterocycles. The van der Waals surface area contributed by atoms with Crippen LogP contribution in [0.5, 0.6) is 11.5 Å². The molecule has 3 aromatic rings. The predicted octanol–water partition coefficient (Wildman–Crippen LogP) is 4.19. The van der Waals surface area contributed by atoms with Gasteiger partial charge in [0, 0.05) is 30.5 Å². The number of hydrogen-bond donors (Lipinski definition) is 2. The molecule has 0 bridgehead atoms. The maximum Gasteiger partial charge on any atom is 0.273 e. The molecular weight excluding hydrogens is 463 g/mol. The van der Waals surface area contributed by atoms with Crippen LogP contribution in [0.4, 0.5) is 4.39 Å². The van der Waals surface area contributed by atoms with Crippen molar-refractivity contribution in [3.63, 3.8) is 0 Å². The maximum absolute atomic E-state index is 13.9. The van der Waals surface area contributed by atoms with Gasteiger partial charge in [-0.1, -0.05) is 37.5 Å². The fraction of sp³-hybridized carbons (Fsp3) is 0.407. The van der Waals surface area contributed by atoms with E-state index in [0.717, 1.165) is 12.8 Å². The highest BCUT2D eigenvalue weighted by molar-refractivity contribution is 5.76. The van der Waals surface area contributed by atoms with Crippen molar-refractivity contribution in [3.8, 4) is 22.9 Å². The zero-order valence-corrected chi connectivity index (χ0v) is 20.4. The SMILES string of the molecule is COc1cc(-c2nnc(CCC(=O)NCC3CCCCC3)c(=O)[nH]2)ccc1OCc1ccccc1F. The van der Waals surface area contributed by atoms with E-state index in [4.69, 9.17) is 9.47 Å². The molecular formula is C27H31FN4O4. The van der Waals surface area contributed by atoms with Crippen molar-refractivity contribution in [1.82, 2.24) is 20.5 Å². The third-order valence-corrected chi connectivity index (χ3v) is 6.44. The lowest BCUT2D eigenvalue weighted by Gasteiger charge is -2.21. The van der Waals surface area contributed by atoms with Crippen molar-refractivity contribution in [2.24, 2.45) is 5.92 Å². The molecule has 1 fully saturated rings. The van der Waals surface area contributed by atoms with Crippen molar-refractivity contribution in [1.29, 1.82) is 0 Å². The van der Waals surface area contributed by atoms with Crippen LogP contribution in [-0.4, -0.2) is 34.7 Å². The van der Waals surface area contributed by atoms with E-state index in [2.05, 4.69) is 20.5 Å². The van der Waals surface area contributed by atoms with Crippen molar-refractivity contribution in [2.75, 3.05) is 13.7 Å². The van der Waals surface area contributed by atoms with Crippen molar-refractivity contribution >= 4 is 5.91 Å². The molecule has 36 heavy (non-hydrogen) atoms. The highest BCUT2D eigenvalue weighted by Crippen LogP contribution is 2.32. The molecule has 1 aliphatic carbocycles. The average molecular weight is 495 g/mol. The van der Waals surface area contributed by atoms with Crippen molar-refractivity contribution in [2.45, 2.75) is 51.6 Å².